The van der Waals surface area contributed by atoms with Gasteiger partial charge in [-0.25, -0.2) is 0 Å². The second-order valence-electron chi connectivity index (χ2n) is 5.13. The van der Waals surface area contributed by atoms with Crippen molar-refractivity contribution in [3.8, 4) is 11.1 Å². The van der Waals surface area contributed by atoms with Crippen LogP contribution in [0.3, 0.4) is 0 Å². The van der Waals surface area contributed by atoms with Crippen LogP contribution in [-0.4, -0.2) is 0 Å². The smallest absolute Gasteiger partial charge is 0.0146 e. The monoisotopic (exact) mass is 269 g/mol. The van der Waals surface area contributed by atoms with E-state index >= 15 is 0 Å². The van der Waals surface area contributed by atoms with E-state index in [0.29, 0.717) is 0 Å². The lowest BCUT2D eigenvalue weighted by atomic mass is 10.0. The van der Waals surface area contributed by atoms with Gasteiger partial charge in [-0.2, -0.15) is 0 Å². The van der Waals surface area contributed by atoms with Crippen molar-refractivity contribution in [1.82, 2.24) is 0 Å². The fourth-order valence-electron chi connectivity index (χ4n) is 2.23. The molecule has 0 aliphatic heterocycles. The van der Waals surface area contributed by atoms with Crippen molar-refractivity contribution in [3.05, 3.63) is 95.6 Å². The van der Waals surface area contributed by atoms with E-state index in [9.17, 15) is 0 Å². The highest BCUT2D eigenvalue weighted by Crippen LogP contribution is 2.20. The topological polar surface area (TPSA) is 0 Å². The molecule has 0 aliphatic rings. The molecule has 0 fully saturated rings. The third kappa shape index (κ3) is 3.49. The summed E-state index contributed by atoms with van der Waals surface area (Å²) in [7, 11) is 0. The summed E-state index contributed by atoms with van der Waals surface area (Å²) in [5.74, 6) is 0. The number of hydrogen-bond donors (Lipinski definition) is 0. The van der Waals surface area contributed by atoms with E-state index in [0.717, 1.165) is 0 Å². The van der Waals surface area contributed by atoms with Crippen molar-refractivity contribution in [2.24, 2.45) is 0 Å². The zero-order chi connectivity index (χ0) is 14.5. The molecule has 21 heavy (non-hydrogen) atoms. The van der Waals surface area contributed by atoms with Gasteiger partial charge in [0.05, 0.1) is 0 Å². The van der Waals surface area contributed by atoms with E-state index in [1.54, 1.807) is 0 Å². The van der Waals surface area contributed by atoms with E-state index in [4.69, 9.17) is 0 Å². The maximum Gasteiger partial charge on any atom is -0.0146 e. The van der Waals surface area contributed by atoms with Crippen molar-refractivity contribution < 1.29 is 0 Å². The Morgan fingerprint density at radius 3 is 1.95 bits per heavy atom. The molecule has 3 aromatic carbocycles. The Balaban J connectivity index is 1.77. The van der Waals surface area contributed by atoms with E-state index in [1.807, 2.05) is 12.1 Å². The van der Waals surface area contributed by atoms with Gasteiger partial charge in [0, 0.05) is 0 Å². The molecule has 3 rings (SSSR count). The van der Waals surface area contributed by atoms with E-state index in [1.165, 1.54) is 27.8 Å². The Bertz CT molecular complexity index is 717. The summed E-state index contributed by atoms with van der Waals surface area (Å²) in [6, 6.07) is 28.5. The van der Waals surface area contributed by atoms with Crippen LogP contribution in [0.2, 0.25) is 0 Å². The SMILES string of the molecule is Cc1[c]cc(C=Cc2ccc(-c3ccccc3)cc2)cc1. The first-order chi connectivity index (χ1) is 10.3. The van der Waals surface area contributed by atoms with Crippen LogP contribution < -0.4 is 0 Å². The minimum atomic E-state index is 1.17. The minimum Gasteiger partial charge on any atom is -0.0622 e. The van der Waals surface area contributed by atoms with E-state index < -0.39 is 0 Å². The summed E-state index contributed by atoms with van der Waals surface area (Å²) in [4.78, 5) is 0. The van der Waals surface area contributed by atoms with Gasteiger partial charge in [0.25, 0.3) is 0 Å². The second-order valence-corrected chi connectivity index (χ2v) is 5.13. The maximum atomic E-state index is 3.22. The van der Waals surface area contributed by atoms with Crippen LogP contribution in [0.5, 0.6) is 0 Å². The molecule has 0 nitrogen and oxygen atoms in total. The molecule has 0 aromatic heterocycles. The van der Waals surface area contributed by atoms with E-state index in [2.05, 4.69) is 85.8 Å². The standard InChI is InChI=1S/C21H17/c1-17-7-9-18(10-8-17)11-12-19-13-15-21(16-14-19)20-5-3-2-4-6-20/h2-7,9-16H,1H3. The number of hydrogen-bond acceptors (Lipinski definition) is 0. The quantitative estimate of drug-likeness (QED) is 0.540. The fourth-order valence-corrected chi connectivity index (χ4v) is 2.23. The predicted molar refractivity (Wildman–Crippen MR) is 90.8 cm³/mol. The van der Waals surface area contributed by atoms with Crippen LogP contribution in [0.4, 0.5) is 0 Å². The molecule has 3 aromatic rings. The molecule has 0 aliphatic carbocycles. The molecule has 0 spiro atoms. The lowest BCUT2D eigenvalue weighted by molar-refractivity contribution is 1.45. The molecule has 0 N–H and O–H groups in total. The van der Waals surface area contributed by atoms with Crippen molar-refractivity contribution in [2.45, 2.75) is 6.92 Å². The molecule has 1 radical (unpaired) electrons. The Morgan fingerprint density at radius 2 is 1.29 bits per heavy atom. The zero-order valence-electron chi connectivity index (χ0n) is 12.1. The van der Waals surface area contributed by atoms with Crippen molar-refractivity contribution in [1.29, 1.82) is 0 Å². The lowest BCUT2D eigenvalue weighted by Crippen LogP contribution is -1.78. The molecular weight excluding hydrogens is 252 g/mol. The summed E-state index contributed by atoms with van der Waals surface area (Å²) >= 11 is 0. The van der Waals surface area contributed by atoms with Gasteiger partial charge in [0.1, 0.15) is 0 Å². The van der Waals surface area contributed by atoms with Crippen molar-refractivity contribution in [2.75, 3.05) is 0 Å². The first kappa shape index (κ1) is 13.4. The van der Waals surface area contributed by atoms with Gasteiger partial charge < -0.3 is 0 Å². The minimum absolute atomic E-state index is 1.17. The zero-order valence-corrected chi connectivity index (χ0v) is 12.1. The number of rotatable bonds is 3. The maximum absolute atomic E-state index is 3.22. The van der Waals surface area contributed by atoms with Gasteiger partial charge in [0.15, 0.2) is 0 Å². The summed E-state index contributed by atoms with van der Waals surface area (Å²) in [5.41, 5.74) is 6.04. The molecule has 101 valence electrons. The molecule has 0 heterocycles. The van der Waals surface area contributed by atoms with Gasteiger partial charge >= 0.3 is 0 Å². The van der Waals surface area contributed by atoms with Crippen LogP contribution >= 0.6 is 0 Å². The van der Waals surface area contributed by atoms with Crippen LogP contribution in [-0.2, 0) is 0 Å². The molecule has 0 amide bonds. The summed E-state index contributed by atoms with van der Waals surface area (Å²) < 4.78 is 0. The molecule has 0 heteroatoms. The fraction of sp³-hybridized carbons (Fsp3) is 0.0476. The molecule has 0 unspecified atom stereocenters. The van der Waals surface area contributed by atoms with Gasteiger partial charge in [-0.05, 0) is 46.9 Å². The molecule has 0 bridgehead atoms. The van der Waals surface area contributed by atoms with Crippen LogP contribution in [0, 0.1) is 13.0 Å². The highest BCUT2D eigenvalue weighted by Gasteiger charge is 1.95. The van der Waals surface area contributed by atoms with Crippen LogP contribution in [0.15, 0.2) is 72.8 Å². The molecule has 0 atom stereocenters. The normalized spacial score (nSPS) is 10.9. The highest BCUT2D eigenvalue weighted by molar-refractivity contribution is 5.72. The molecular formula is C21H17. The first-order valence-electron chi connectivity index (χ1n) is 7.13. The summed E-state index contributed by atoms with van der Waals surface area (Å²) in [6.07, 6.45) is 4.25. The Labute approximate surface area is 126 Å². The third-order valence-corrected chi connectivity index (χ3v) is 3.48. The van der Waals surface area contributed by atoms with Crippen LogP contribution in [0.25, 0.3) is 23.3 Å². The first-order valence-corrected chi connectivity index (χ1v) is 7.13. The van der Waals surface area contributed by atoms with Gasteiger partial charge in [-0.3, -0.25) is 0 Å². The van der Waals surface area contributed by atoms with Crippen molar-refractivity contribution in [3.63, 3.8) is 0 Å². The molecule has 0 saturated heterocycles. The Morgan fingerprint density at radius 1 is 0.667 bits per heavy atom. The number of benzene rings is 3. The lowest BCUT2D eigenvalue weighted by Gasteiger charge is -2.02. The second kappa shape index (κ2) is 6.23. The van der Waals surface area contributed by atoms with Crippen molar-refractivity contribution >= 4 is 12.2 Å². The average Bonchev–Trinajstić information content (AvgIpc) is 2.56. The third-order valence-electron chi connectivity index (χ3n) is 3.48. The number of aryl methyl sites for hydroxylation is 1. The van der Waals surface area contributed by atoms with E-state index in [-0.39, 0.29) is 0 Å². The van der Waals surface area contributed by atoms with Gasteiger partial charge in [0.2, 0.25) is 0 Å². The predicted octanol–water partition coefficient (Wildman–Crippen LogP) is 5.63. The van der Waals surface area contributed by atoms with Gasteiger partial charge in [-0.1, -0.05) is 78.9 Å². The Kier molecular flexibility index (Phi) is 3.97. The van der Waals surface area contributed by atoms with Crippen LogP contribution in [0.1, 0.15) is 16.7 Å². The highest BCUT2D eigenvalue weighted by atomic mass is 14.0. The summed E-state index contributed by atoms with van der Waals surface area (Å²) in [5, 5.41) is 0. The van der Waals surface area contributed by atoms with Gasteiger partial charge in [-0.15, -0.1) is 0 Å². The summed E-state index contributed by atoms with van der Waals surface area (Å²) in [6.45, 7) is 2.05. The molecule has 0 saturated carbocycles. The average molecular weight is 269 g/mol. The Hall–Kier alpha value is -2.60. The largest absolute Gasteiger partial charge is 0.0622 e.